The summed E-state index contributed by atoms with van der Waals surface area (Å²) in [5, 5.41) is 6.69. The van der Waals surface area contributed by atoms with Gasteiger partial charge in [-0.2, -0.15) is 5.10 Å². The minimum atomic E-state index is -0.417. The first kappa shape index (κ1) is 20.7. The van der Waals surface area contributed by atoms with Crippen molar-refractivity contribution in [2.45, 2.75) is 13.3 Å². The van der Waals surface area contributed by atoms with E-state index in [-0.39, 0.29) is 18.9 Å². The molecule has 2 aromatic rings. The predicted octanol–water partition coefficient (Wildman–Crippen LogP) is 3.12. The molecule has 2 N–H and O–H groups in total. The van der Waals surface area contributed by atoms with Crippen molar-refractivity contribution in [1.82, 2.24) is 5.43 Å². The number of carbonyl (C=O) groups excluding carboxylic acids is 2. The molecule has 0 bridgehead atoms. The van der Waals surface area contributed by atoms with Crippen LogP contribution in [0.5, 0.6) is 17.2 Å². The minimum Gasteiger partial charge on any atom is -0.486 e. The molecular weight excluding hydrogens is 442 g/mol. The van der Waals surface area contributed by atoms with Crippen LogP contribution in [0.15, 0.2) is 52.0 Å². The van der Waals surface area contributed by atoms with E-state index in [1.807, 2.05) is 12.1 Å². The Hall–Kier alpha value is -3.07. The zero-order valence-corrected chi connectivity index (χ0v) is 17.3. The van der Waals surface area contributed by atoms with Crippen molar-refractivity contribution in [3.05, 3.63) is 46.9 Å². The van der Waals surface area contributed by atoms with Crippen LogP contribution in [0.1, 0.15) is 13.3 Å². The lowest BCUT2D eigenvalue weighted by molar-refractivity contribution is -0.123. The van der Waals surface area contributed by atoms with E-state index in [0.717, 1.165) is 4.47 Å². The zero-order chi connectivity index (χ0) is 20.6. The SMILES string of the molecule is C/C(CC(=O)Nc1ccc2c(c1)OCCO2)=N/NC(=O)COc1ccc(Br)cc1. The summed E-state index contributed by atoms with van der Waals surface area (Å²) >= 11 is 3.33. The van der Waals surface area contributed by atoms with Gasteiger partial charge in [-0.15, -0.1) is 0 Å². The number of fused-ring (bicyclic) bond motifs is 1. The summed E-state index contributed by atoms with van der Waals surface area (Å²) in [5.41, 5.74) is 3.42. The van der Waals surface area contributed by atoms with Gasteiger partial charge in [0.05, 0.1) is 6.42 Å². The highest BCUT2D eigenvalue weighted by Gasteiger charge is 2.13. The molecule has 0 fully saturated rings. The summed E-state index contributed by atoms with van der Waals surface area (Å²) in [4.78, 5) is 24.0. The number of amides is 2. The molecule has 1 heterocycles. The van der Waals surface area contributed by atoms with E-state index in [4.69, 9.17) is 14.2 Å². The number of hydrazone groups is 1. The molecule has 1 aliphatic heterocycles. The van der Waals surface area contributed by atoms with E-state index in [1.54, 1.807) is 37.3 Å². The van der Waals surface area contributed by atoms with E-state index in [2.05, 4.69) is 31.8 Å². The number of anilines is 1. The maximum absolute atomic E-state index is 12.2. The van der Waals surface area contributed by atoms with Gasteiger partial charge in [0.2, 0.25) is 5.91 Å². The van der Waals surface area contributed by atoms with E-state index in [1.165, 1.54) is 0 Å². The van der Waals surface area contributed by atoms with Gasteiger partial charge in [0.1, 0.15) is 19.0 Å². The third kappa shape index (κ3) is 6.49. The van der Waals surface area contributed by atoms with E-state index in [9.17, 15) is 9.59 Å². The number of ether oxygens (including phenoxy) is 3. The fraction of sp³-hybridized carbons (Fsp3) is 0.250. The van der Waals surface area contributed by atoms with Crippen LogP contribution >= 0.6 is 15.9 Å². The summed E-state index contributed by atoms with van der Waals surface area (Å²) in [6, 6.07) is 12.3. The van der Waals surface area contributed by atoms with Gasteiger partial charge in [-0.05, 0) is 43.3 Å². The number of rotatable bonds is 7. The Morgan fingerprint density at radius 3 is 2.55 bits per heavy atom. The largest absolute Gasteiger partial charge is 0.486 e. The Morgan fingerprint density at radius 1 is 1.07 bits per heavy atom. The molecule has 0 radical (unpaired) electrons. The smallest absolute Gasteiger partial charge is 0.277 e. The highest BCUT2D eigenvalue weighted by Crippen LogP contribution is 2.32. The molecule has 0 spiro atoms. The molecular formula is C20H20BrN3O5. The second-order valence-corrected chi connectivity index (χ2v) is 7.12. The average molecular weight is 462 g/mol. The molecule has 0 saturated heterocycles. The summed E-state index contributed by atoms with van der Waals surface area (Å²) in [6.07, 6.45) is 0.0301. The minimum absolute atomic E-state index is 0.0301. The first-order chi connectivity index (χ1) is 14.0. The first-order valence-electron chi connectivity index (χ1n) is 8.89. The lowest BCUT2D eigenvalue weighted by atomic mass is 10.2. The van der Waals surface area contributed by atoms with Crippen molar-refractivity contribution in [1.29, 1.82) is 0 Å². The second kappa shape index (κ2) is 9.92. The topological polar surface area (TPSA) is 98.3 Å². The molecule has 3 rings (SSSR count). The third-order valence-corrected chi connectivity index (χ3v) is 4.33. The Bertz CT molecular complexity index is 915. The summed E-state index contributed by atoms with van der Waals surface area (Å²) < 4.78 is 17.2. The van der Waals surface area contributed by atoms with Crippen LogP contribution in [0.2, 0.25) is 0 Å². The van der Waals surface area contributed by atoms with E-state index < -0.39 is 5.91 Å². The van der Waals surface area contributed by atoms with Crippen molar-refractivity contribution in [2.75, 3.05) is 25.1 Å². The Balaban J connectivity index is 1.43. The van der Waals surface area contributed by atoms with Crippen molar-refractivity contribution in [3.8, 4) is 17.2 Å². The van der Waals surface area contributed by atoms with E-state index >= 15 is 0 Å². The lowest BCUT2D eigenvalue weighted by Crippen LogP contribution is -2.26. The van der Waals surface area contributed by atoms with Crippen molar-refractivity contribution >= 4 is 39.1 Å². The van der Waals surface area contributed by atoms with Crippen LogP contribution in [0.25, 0.3) is 0 Å². The maximum atomic E-state index is 12.2. The zero-order valence-electron chi connectivity index (χ0n) is 15.7. The summed E-state index contributed by atoms with van der Waals surface area (Å²) in [5.74, 6) is 1.14. The van der Waals surface area contributed by atoms with Gasteiger partial charge < -0.3 is 19.5 Å². The van der Waals surface area contributed by atoms with Crippen molar-refractivity contribution in [2.24, 2.45) is 5.10 Å². The number of hydrogen-bond donors (Lipinski definition) is 2. The molecule has 0 atom stereocenters. The quantitative estimate of drug-likeness (QED) is 0.487. The van der Waals surface area contributed by atoms with Crippen LogP contribution in [0.3, 0.4) is 0 Å². The van der Waals surface area contributed by atoms with Gasteiger partial charge >= 0.3 is 0 Å². The van der Waals surface area contributed by atoms with Gasteiger partial charge in [0, 0.05) is 21.9 Å². The normalized spacial score (nSPS) is 12.8. The molecule has 9 heteroatoms. The molecule has 2 amide bonds. The Kier molecular flexibility index (Phi) is 7.07. The summed E-state index contributed by atoms with van der Waals surface area (Å²) in [7, 11) is 0. The molecule has 1 aliphatic rings. The van der Waals surface area contributed by atoms with Gasteiger partial charge in [-0.25, -0.2) is 5.43 Å². The van der Waals surface area contributed by atoms with Gasteiger partial charge in [0.25, 0.3) is 5.91 Å². The number of nitrogens with one attached hydrogen (secondary N) is 2. The van der Waals surface area contributed by atoms with Gasteiger partial charge in [0.15, 0.2) is 18.1 Å². The molecule has 0 saturated carbocycles. The van der Waals surface area contributed by atoms with Crippen molar-refractivity contribution in [3.63, 3.8) is 0 Å². The molecule has 0 aromatic heterocycles. The molecule has 2 aromatic carbocycles. The van der Waals surface area contributed by atoms with Crippen LogP contribution in [0, 0.1) is 0 Å². The number of halogens is 1. The average Bonchev–Trinajstić information content (AvgIpc) is 2.71. The third-order valence-electron chi connectivity index (χ3n) is 3.80. The van der Waals surface area contributed by atoms with Crippen LogP contribution in [-0.2, 0) is 9.59 Å². The van der Waals surface area contributed by atoms with Crippen LogP contribution < -0.4 is 25.0 Å². The highest BCUT2D eigenvalue weighted by atomic mass is 79.9. The molecule has 0 unspecified atom stereocenters. The second-order valence-electron chi connectivity index (χ2n) is 6.21. The highest BCUT2D eigenvalue weighted by molar-refractivity contribution is 9.10. The number of benzene rings is 2. The maximum Gasteiger partial charge on any atom is 0.277 e. The molecule has 8 nitrogen and oxygen atoms in total. The standard InChI is InChI=1S/C20H20BrN3O5/c1-13(23-24-20(26)12-29-16-5-2-14(21)3-6-16)10-19(25)22-15-4-7-17-18(11-15)28-9-8-27-17/h2-7,11H,8-10,12H2,1H3,(H,22,25)(H,24,26)/b23-13-. The fourth-order valence-electron chi connectivity index (χ4n) is 2.47. The van der Waals surface area contributed by atoms with Crippen molar-refractivity contribution < 1.29 is 23.8 Å². The number of nitrogens with zero attached hydrogens (tertiary/aromatic N) is 1. The number of hydrogen-bond acceptors (Lipinski definition) is 6. The van der Waals surface area contributed by atoms with E-state index in [0.29, 0.717) is 41.9 Å². The Labute approximate surface area is 176 Å². The monoisotopic (exact) mass is 461 g/mol. The Morgan fingerprint density at radius 2 is 1.79 bits per heavy atom. The van der Waals surface area contributed by atoms with Crippen LogP contribution in [0.4, 0.5) is 5.69 Å². The van der Waals surface area contributed by atoms with Gasteiger partial charge in [-0.3, -0.25) is 9.59 Å². The first-order valence-corrected chi connectivity index (χ1v) is 9.69. The fourth-order valence-corrected chi connectivity index (χ4v) is 2.73. The summed E-state index contributed by atoms with van der Waals surface area (Å²) in [6.45, 7) is 2.46. The number of carbonyl (C=O) groups is 2. The predicted molar refractivity (Wildman–Crippen MR) is 112 cm³/mol. The lowest BCUT2D eigenvalue weighted by Gasteiger charge is -2.19. The molecule has 152 valence electrons. The molecule has 29 heavy (non-hydrogen) atoms. The molecule has 0 aliphatic carbocycles. The van der Waals surface area contributed by atoms with Gasteiger partial charge in [-0.1, -0.05) is 15.9 Å². The van der Waals surface area contributed by atoms with Crippen LogP contribution in [-0.4, -0.2) is 37.3 Å².